The van der Waals surface area contributed by atoms with Crippen molar-refractivity contribution in [3.8, 4) is 0 Å². The van der Waals surface area contributed by atoms with E-state index in [0.717, 1.165) is 31.0 Å². The number of amides is 1. The van der Waals surface area contributed by atoms with Crippen LogP contribution in [0.1, 0.15) is 30.1 Å². The lowest BCUT2D eigenvalue weighted by Gasteiger charge is -2.07. The number of rotatable bonds is 7. The van der Waals surface area contributed by atoms with Gasteiger partial charge < -0.3 is 10.4 Å². The molecule has 0 atom stereocenters. The summed E-state index contributed by atoms with van der Waals surface area (Å²) in [6.45, 7) is 2.37. The van der Waals surface area contributed by atoms with Crippen molar-refractivity contribution < 1.29 is 23.1 Å². The lowest BCUT2D eigenvalue weighted by atomic mass is 10.2. The minimum absolute atomic E-state index is 0.178. The third kappa shape index (κ3) is 5.02. The van der Waals surface area contributed by atoms with E-state index in [4.69, 9.17) is 16.7 Å². The number of hydrogen-bond donors (Lipinski definition) is 2. The quantitative estimate of drug-likeness (QED) is 0.740. The smallest absolute Gasteiger partial charge is 0.337 e. The molecule has 0 radical (unpaired) electrons. The Bertz CT molecular complexity index is 642. The Kier molecular flexibility index (Phi) is 6.17. The second kappa shape index (κ2) is 7.42. The van der Waals surface area contributed by atoms with Crippen molar-refractivity contribution in [2.24, 2.45) is 0 Å². The van der Waals surface area contributed by atoms with Gasteiger partial charge in [0.15, 0.2) is 9.84 Å². The molecule has 0 heterocycles. The maximum atomic E-state index is 12.0. The molecule has 1 rings (SSSR count). The van der Waals surface area contributed by atoms with E-state index in [1.807, 2.05) is 6.92 Å². The molecule has 0 spiro atoms. The fourth-order valence-electron chi connectivity index (χ4n) is 1.57. The molecule has 0 aliphatic carbocycles. The lowest BCUT2D eigenvalue weighted by Crippen LogP contribution is -2.31. The molecule has 116 valence electrons. The predicted octanol–water partition coefficient (Wildman–Crippen LogP) is 1.73. The molecule has 0 aliphatic heterocycles. The van der Waals surface area contributed by atoms with Crippen molar-refractivity contribution in [1.82, 2.24) is 5.32 Å². The number of carbonyl (C=O) groups excluding carboxylic acids is 1. The highest BCUT2D eigenvalue weighted by Crippen LogP contribution is 2.21. The molecule has 21 heavy (non-hydrogen) atoms. The average Bonchev–Trinajstić information content (AvgIpc) is 2.37. The maximum absolute atomic E-state index is 12.0. The van der Waals surface area contributed by atoms with Gasteiger partial charge in [-0.1, -0.05) is 24.9 Å². The van der Waals surface area contributed by atoms with Gasteiger partial charge in [-0.15, -0.1) is 0 Å². The Morgan fingerprint density at radius 1 is 1.33 bits per heavy atom. The van der Waals surface area contributed by atoms with Crippen LogP contribution in [0.4, 0.5) is 0 Å². The second-order valence-corrected chi connectivity index (χ2v) is 6.81. The molecule has 2 N–H and O–H groups in total. The van der Waals surface area contributed by atoms with Crippen molar-refractivity contribution in [3.05, 3.63) is 28.8 Å². The van der Waals surface area contributed by atoms with Crippen LogP contribution in [0.5, 0.6) is 0 Å². The number of unbranched alkanes of at least 4 members (excludes halogenated alkanes) is 1. The molecule has 1 aromatic carbocycles. The van der Waals surface area contributed by atoms with Gasteiger partial charge in [0.2, 0.25) is 5.91 Å². The molecular formula is C13H16ClNO5S. The van der Waals surface area contributed by atoms with Crippen LogP contribution in [-0.4, -0.2) is 37.7 Å². The second-order valence-electron chi connectivity index (χ2n) is 4.41. The first-order chi connectivity index (χ1) is 9.77. The number of carboxylic acid groups (broad SMARTS) is 1. The predicted molar refractivity (Wildman–Crippen MR) is 78.4 cm³/mol. The summed E-state index contributed by atoms with van der Waals surface area (Å²) >= 11 is 5.72. The van der Waals surface area contributed by atoms with Crippen LogP contribution in [0, 0.1) is 0 Å². The Labute approximate surface area is 128 Å². The number of aromatic carboxylic acids is 1. The van der Waals surface area contributed by atoms with Crippen molar-refractivity contribution in [3.63, 3.8) is 0 Å². The molecule has 0 bridgehead atoms. The summed E-state index contributed by atoms with van der Waals surface area (Å²) in [5.41, 5.74) is -0.192. The molecule has 0 saturated heterocycles. The molecular weight excluding hydrogens is 318 g/mol. The van der Waals surface area contributed by atoms with Crippen LogP contribution in [0.3, 0.4) is 0 Å². The molecule has 8 heteroatoms. The van der Waals surface area contributed by atoms with Crippen molar-refractivity contribution in [1.29, 1.82) is 0 Å². The van der Waals surface area contributed by atoms with Gasteiger partial charge in [0, 0.05) is 6.54 Å². The topological polar surface area (TPSA) is 101 Å². The van der Waals surface area contributed by atoms with Gasteiger partial charge >= 0.3 is 5.97 Å². The minimum Gasteiger partial charge on any atom is -0.478 e. The highest BCUT2D eigenvalue weighted by atomic mass is 35.5. The monoisotopic (exact) mass is 333 g/mol. The summed E-state index contributed by atoms with van der Waals surface area (Å²) in [5.74, 6) is -2.54. The first-order valence-electron chi connectivity index (χ1n) is 6.30. The van der Waals surface area contributed by atoms with E-state index in [1.54, 1.807) is 0 Å². The summed E-state index contributed by atoms with van der Waals surface area (Å²) in [6, 6.07) is 3.27. The van der Waals surface area contributed by atoms with E-state index in [-0.39, 0.29) is 15.5 Å². The van der Waals surface area contributed by atoms with E-state index < -0.39 is 27.5 Å². The van der Waals surface area contributed by atoms with Crippen molar-refractivity contribution >= 4 is 33.3 Å². The number of halogens is 1. The fraction of sp³-hybridized carbons (Fsp3) is 0.385. The number of hydrogen-bond acceptors (Lipinski definition) is 4. The van der Waals surface area contributed by atoms with Gasteiger partial charge in [-0.2, -0.15) is 0 Å². The first kappa shape index (κ1) is 17.5. The highest BCUT2D eigenvalue weighted by Gasteiger charge is 2.21. The highest BCUT2D eigenvalue weighted by molar-refractivity contribution is 7.92. The van der Waals surface area contributed by atoms with Gasteiger partial charge in [0.1, 0.15) is 5.75 Å². The molecule has 0 saturated carbocycles. The number of carboxylic acids is 1. The van der Waals surface area contributed by atoms with Crippen LogP contribution < -0.4 is 5.32 Å². The van der Waals surface area contributed by atoms with E-state index in [2.05, 4.69) is 5.32 Å². The third-order valence-corrected chi connectivity index (χ3v) is 4.63. The molecule has 1 amide bonds. The Morgan fingerprint density at radius 3 is 2.52 bits per heavy atom. The van der Waals surface area contributed by atoms with Crippen LogP contribution in [-0.2, 0) is 14.6 Å². The summed E-state index contributed by atoms with van der Waals surface area (Å²) in [4.78, 5) is 22.2. The van der Waals surface area contributed by atoms with Gasteiger partial charge in [-0.3, -0.25) is 4.79 Å². The molecule has 0 aromatic heterocycles. The van der Waals surface area contributed by atoms with Crippen LogP contribution in [0.2, 0.25) is 5.02 Å². The number of sulfone groups is 1. The Hall–Kier alpha value is -1.60. The molecule has 0 fully saturated rings. The largest absolute Gasteiger partial charge is 0.478 e. The molecule has 0 unspecified atom stereocenters. The molecule has 6 nitrogen and oxygen atoms in total. The van der Waals surface area contributed by atoms with Gasteiger partial charge in [0.05, 0.1) is 15.5 Å². The SMILES string of the molecule is CCCCNC(=O)CS(=O)(=O)c1ccc(C(=O)O)c(Cl)c1. The van der Waals surface area contributed by atoms with E-state index >= 15 is 0 Å². The zero-order valence-corrected chi connectivity index (χ0v) is 13.0. The van der Waals surface area contributed by atoms with Crippen molar-refractivity contribution in [2.45, 2.75) is 24.7 Å². The Balaban J connectivity index is 2.86. The van der Waals surface area contributed by atoms with E-state index in [0.29, 0.717) is 6.54 Å². The Morgan fingerprint density at radius 2 is 2.00 bits per heavy atom. The molecule has 0 aliphatic rings. The van der Waals surface area contributed by atoms with E-state index in [9.17, 15) is 18.0 Å². The van der Waals surface area contributed by atoms with E-state index in [1.165, 1.54) is 0 Å². The first-order valence-corrected chi connectivity index (χ1v) is 8.33. The average molecular weight is 334 g/mol. The zero-order valence-electron chi connectivity index (χ0n) is 11.4. The van der Waals surface area contributed by atoms with Crippen LogP contribution in [0.25, 0.3) is 0 Å². The van der Waals surface area contributed by atoms with Crippen LogP contribution in [0.15, 0.2) is 23.1 Å². The third-order valence-electron chi connectivity index (χ3n) is 2.70. The summed E-state index contributed by atoms with van der Waals surface area (Å²) in [5, 5.41) is 11.2. The van der Waals surface area contributed by atoms with Gasteiger partial charge in [-0.05, 0) is 24.6 Å². The number of benzene rings is 1. The summed E-state index contributed by atoms with van der Waals surface area (Å²) in [6.07, 6.45) is 1.66. The minimum atomic E-state index is -3.85. The normalized spacial score (nSPS) is 11.1. The lowest BCUT2D eigenvalue weighted by molar-refractivity contribution is -0.118. The number of carbonyl (C=O) groups is 2. The van der Waals surface area contributed by atoms with Crippen LogP contribution >= 0.6 is 11.6 Å². The summed E-state index contributed by atoms with van der Waals surface area (Å²) in [7, 11) is -3.85. The number of nitrogens with one attached hydrogen (secondary N) is 1. The van der Waals surface area contributed by atoms with Gasteiger partial charge in [0.25, 0.3) is 0 Å². The standard InChI is InChI=1S/C13H16ClNO5S/c1-2-3-6-15-12(16)8-21(19,20)9-4-5-10(13(17)18)11(14)7-9/h4-5,7H,2-3,6,8H2,1H3,(H,15,16)(H,17,18). The summed E-state index contributed by atoms with van der Waals surface area (Å²) < 4.78 is 24.1. The van der Waals surface area contributed by atoms with Gasteiger partial charge in [-0.25, -0.2) is 13.2 Å². The fourth-order valence-corrected chi connectivity index (χ4v) is 3.09. The zero-order chi connectivity index (χ0) is 16.0. The van der Waals surface area contributed by atoms with Crippen molar-refractivity contribution in [2.75, 3.05) is 12.3 Å². The molecule has 1 aromatic rings. The maximum Gasteiger partial charge on any atom is 0.337 e.